The monoisotopic (exact) mass is 405 g/mol. The molecule has 5 heteroatoms. The van der Waals surface area contributed by atoms with E-state index in [4.69, 9.17) is 23.2 Å². The summed E-state index contributed by atoms with van der Waals surface area (Å²) in [7, 11) is 0. The van der Waals surface area contributed by atoms with E-state index in [1.54, 1.807) is 12.1 Å². The summed E-state index contributed by atoms with van der Waals surface area (Å²) in [6.45, 7) is 0.466. The van der Waals surface area contributed by atoms with Gasteiger partial charge in [-0.15, -0.1) is 12.4 Å². The molecule has 1 N–H and O–H groups in total. The molecule has 0 fully saturated rings. The molecule has 0 aliphatic heterocycles. The number of rotatable bonds is 6. The summed E-state index contributed by atoms with van der Waals surface area (Å²) < 4.78 is 0. The van der Waals surface area contributed by atoms with E-state index in [1.165, 1.54) is 0 Å². The number of benzene rings is 3. The molecule has 3 aromatic carbocycles. The summed E-state index contributed by atoms with van der Waals surface area (Å²) >= 11 is 12.2. The van der Waals surface area contributed by atoms with Crippen molar-refractivity contribution in [1.29, 1.82) is 0 Å². The van der Waals surface area contributed by atoms with Crippen molar-refractivity contribution in [3.05, 3.63) is 106 Å². The molecule has 0 saturated heterocycles. The van der Waals surface area contributed by atoms with Crippen LogP contribution in [-0.4, -0.2) is 5.78 Å². The van der Waals surface area contributed by atoms with Crippen LogP contribution in [0.15, 0.2) is 78.9 Å². The quantitative estimate of drug-likeness (QED) is 0.499. The van der Waals surface area contributed by atoms with Gasteiger partial charge >= 0.3 is 0 Å². The molecular weight excluding hydrogens is 389 g/mol. The van der Waals surface area contributed by atoms with E-state index in [9.17, 15) is 4.79 Å². The van der Waals surface area contributed by atoms with Crippen molar-refractivity contribution in [3.63, 3.8) is 0 Å². The van der Waals surface area contributed by atoms with Crippen molar-refractivity contribution < 1.29 is 4.79 Å². The van der Waals surface area contributed by atoms with Gasteiger partial charge < -0.3 is 0 Å². The van der Waals surface area contributed by atoms with Crippen molar-refractivity contribution in [1.82, 2.24) is 5.32 Å². The molecule has 0 aliphatic carbocycles. The van der Waals surface area contributed by atoms with Crippen LogP contribution in [0.5, 0.6) is 0 Å². The Bertz CT molecular complexity index is 854. The summed E-state index contributed by atoms with van der Waals surface area (Å²) in [5, 5.41) is 4.51. The fraction of sp³-hybridized carbons (Fsp3) is 0.0952. The first-order valence-corrected chi connectivity index (χ1v) is 8.72. The predicted octanol–water partition coefficient (Wildman–Crippen LogP) is 6.13. The maximum Gasteiger partial charge on any atom is 0.184 e. The van der Waals surface area contributed by atoms with Gasteiger partial charge in [0, 0.05) is 22.2 Å². The lowest BCUT2D eigenvalue weighted by Crippen LogP contribution is -2.28. The molecule has 0 bridgehead atoms. The molecule has 0 aliphatic rings. The van der Waals surface area contributed by atoms with Gasteiger partial charge in [-0.1, -0.05) is 89.9 Å². The summed E-state index contributed by atoms with van der Waals surface area (Å²) in [5.74, 6) is 0.0249. The molecule has 0 amide bonds. The minimum Gasteiger partial charge on any atom is -0.299 e. The average molecular weight is 407 g/mol. The Hall–Kier alpha value is -1.84. The van der Waals surface area contributed by atoms with Gasteiger partial charge in [-0.05, 0) is 23.3 Å². The van der Waals surface area contributed by atoms with Gasteiger partial charge in [0.2, 0.25) is 0 Å². The van der Waals surface area contributed by atoms with Gasteiger partial charge in [-0.2, -0.15) is 0 Å². The normalized spacial score (nSPS) is 11.5. The second-order valence-electron chi connectivity index (χ2n) is 5.69. The zero-order valence-electron chi connectivity index (χ0n) is 13.9. The Balaban J connectivity index is 0.00000243. The molecule has 1 atom stereocenters. The van der Waals surface area contributed by atoms with Crippen LogP contribution in [0.1, 0.15) is 27.5 Å². The fourth-order valence-corrected chi connectivity index (χ4v) is 3.13. The maximum absolute atomic E-state index is 13.0. The first-order chi connectivity index (χ1) is 12.1. The van der Waals surface area contributed by atoms with E-state index in [2.05, 4.69) is 5.32 Å². The Morgan fingerprint density at radius 2 is 1.50 bits per heavy atom. The molecule has 2 nitrogen and oxygen atoms in total. The van der Waals surface area contributed by atoms with Crippen LogP contribution in [-0.2, 0) is 6.54 Å². The number of Topliss-reactive ketones (excluding diaryl/α,β-unsaturated/α-hetero) is 1. The number of halogens is 3. The van der Waals surface area contributed by atoms with E-state index in [1.807, 2.05) is 66.7 Å². The highest BCUT2D eigenvalue weighted by Gasteiger charge is 2.21. The lowest BCUT2D eigenvalue weighted by atomic mass is 9.97. The van der Waals surface area contributed by atoms with E-state index in [-0.39, 0.29) is 18.2 Å². The SMILES string of the molecule is Cl.O=C(c1ccccc1)C(NCc1ccc(Cl)cc1Cl)c1ccccc1. The van der Waals surface area contributed by atoms with Crippen molar-refractivity contribution in [2.45, 2.75) is 12.6 Å². The Kier molecular flexibility index (Phi) is 7.67. The third-order valence-electron chi connectivity index (χ3n) is 3.97. The third kappa shape index (κ3) is 5.09. The number of hydrogen-bond acceptors (Lipinski definition) is 2. The van der Waals surface area contributed by atoms with Crippen molar-refractivity contribution in [3.8, 4) is 0 Å². The highest BCUT2D eigenvalue weighted by molar-refractivity contribution is 6.35. The highest BCUT2D eigenvalue weighted by atomic mass is 35.5. The van der Waals surface area contributed by atoms with Crippen LogP contribution in [0.2, 0.25) is 10.0 Å². The molecule has 0 heterocycles. The summed E-state index contributed by atoms with van der Waals surface area (Å²) in [5.41, 5.74) is 2.49. The Morgan fingerprint density at radius 1 is 0.885 bits per heavy atom. The Morgan fingerprint density at radius 3 is 2.12 bits per heavy atom. The maximum atomic E-state index is 13.0. The van der Waals surface area contributed by atoms with Gasteiger partial charge in [0.05, 0.1) is 6.04 Å². The molecule has 3 rings (SSSR count). The van der Waals surface area contributed by atoms with E-state index >= 15 is 0 Å². The van der Waals surface area contributed by atoms with E-state index in [0.29, 0.717) is 22.2 Å². The highest BCUT2D eigenvalue weighted by Crippen LogP contribution is 2.23. The summed E-state index contributed by atoms with van der Waals surface area (Å²) in [6, 6.07) is 23.9. The number of nitrogens with one attached hydrogen (secondary N) is 1. The standard InChI is InChI=1S/C21H17Cl2NO.ClH/c22-18-12-11-17(19(23)13-18)14-24-20(15-7-3-1-4-8-15)21(25)16-9-5-2-6-10-16;/h1-13,20,24H,14H2;1H. The molecule has 0 spiro atoms. The van der Waals surface area contributed by atoms with Crippen molar-refractivity contribution in [2.75, 3.05) is 0 Å². The van der Waals surface area contributed by atoms with E-state index in [0.717, 1.165) is 11.1 Å². The number of carbonyl (C=O) groups is 1. The summed E-state index contributed by atoms with van der Waals surface area (Å²) in [6.07, 6.45) is 0. The lowest BCUT2D eigenvalue weighted by Gasteiger charge is -2.19. The van der Waals surface area contributed by atoms with Gasteiger partial charge in [-0.25, -0.2) is 0 Å². The second-order valence-corrected chi connectivity index (χ2v) is 6.53. The first-order valence-electron chi connectivity index (χ1n) is 7.96. The Labute approximate surface area is 169 Å². The molecule has 3 aromatic rings. The minimum absolute atomic E-state index is 0. The van der Waals surface area contributed by atoms with Crippen LogP contribution < -0.4 is 5.32 Å². The zero-order valence-corrected chi connectivity index (χ0v) is 16.2. The molecule has 0 saturated carbocycles. The minimum atomic E-state index is -0.449. The van der Waals surface area contributed by atoms with E-state index < -0.39 is 6.04 Å². The van der Waals surface area contributed by atoms with Crippen LogP contribution in [0.25, 0.3) is 0 Å². The van der Waals surface area contributed by atoms with Crippen LogP contribution in [0, 0.1) is 0 Å². The largest absolute Gasteiger partial charge is 0.299 e. The topological polar surface area (TPSA) is 29.1 Å². The van der Waals surface area contributed by atoms with Gasteiger partial charge in [-0.3, -0.25) is 10.1 Å². The molecular formula is C21H18Cl3NO. The lowest BCUT2D eigenvalue weighted by molar-refractivity contribution is 0.0942. The second kappa shape index (κ2) is 9.75. The predicted molar refractivity (Wildman–Crippen MR) is 111 cm³/mol. The van der Waals surface area contributed by atoms with Crippen LogP contribution >= 0.6 is 35.6 Å². The molecule has 26 heavy (non-hydrogen) atoms. The van der Waals surface area contributed by atoms with Gasteiger partial charge in [0.25, 0.3) is 0 Å². The number of carbonyl (C=O) groups excluding carboxylic acids is 1. The summed E-state index contributed by atoms with van der Waals surface area (Å²) in [4.78, 5) is 13.0. The third-order valence-corrected chi connectivity index (χ3v) is 4.55. The fourth-order valence-electron chi connectivity index (χ4n) is 2.65. The molecule has 1 unspecified atom stereocenters. The first kappa shape index (κ1) is 20.5. The van der Waals surface area contributed by atoms with Crippen LogP contribution in [0.3, 0.4) is 0 Å². The van der Waals surface area contributed by atoms with Crippen molar-refractivity contribution in [2.24, 2.45) is 0 Å². The smallest absolute Gasteiger partial charge is 0.184 e. The van der Waals surface area contributed by atoms with Crippen LogP contribution in [0.4, 0.5) is 0 Å². The molecule has 0 aromatic heterocycles. The average Bonchev–Trinajstić information content (AvgIpc) is 2.65. The van der Waals surface area contributed by atoms with Gasteiger partial charge in [0.15, 0.2) is 5.78 Å². The number of hydrogen-bond donors (Lipinski definition) is 1. The number of ketones is 1. The molecule has 0 radical (unpaired) electrons. The molecule has 134 valence electrons. The van der Waals surface area contributed by atoms with Gasteiger partial charge in [0.1, 0.15) is 0 Å². The van der Waals surface area contributed by atoms with Crippen molar-refractivity contribution >= 4 is 41.4 Å². The zero-order chi connectivity index (χ0) is 17.6.